The first-order valence-corrected chi connectivity index (χ1v) is 12.4. The van der Waals surface area contributed by atoms with Gasteiger partial charge in [-0.1, -0.05) is 51.4 Å². The van der Waals surface area contributed by atoms with Crippen molar-refractivity contribution in [1.29, 1.82) is 0 Å². The molecule has 2 aromatic rings. The second kappa shape index (κ2) is 13.8. The van der Waals surface area contributed by atoms with E-state index in [1.54, 1.807) is 0 Å². The molecule has 0 bridgehead atoms. The molecule has 2 aromatic heterocycles. The van der Waals surface area contributed by atoms with Crippen molar-refractivity contribution in [2.45, 2.75) is 77.6 Å². The Morgan fingerprint density at radius 1 is 0.938 bits per heavy atom. The lowest BCUT2D eigenvalue weighted by atomic mass is 10.0. The number of rotatable bonds is 16. The van der Waals surface area contributed by atoms with Crippen LogP contribution in [0.5, 0.6) is 5.75 Å². The topological polar surface area (TPSA) is 73.4 Å². The second-order valence-electron chi connectivity index (χ2n) is 8.49. The standard InChI is InChI=1S/C27H39N3O2/c1-2-32-27-21-25(24-15-13-18-28-24)30-26(27)20-23-17-16-22(29-23)14-11-9-7-5-3-4-6-8-10-12-19-31/h13,15-18,20-21,28,30-31H,2-12,14,19H2,1H3/b23-20+. The zero-order valence-electron chi connectivity index (χ0n) is 19.5. The fraction of sp³-hybridized carbons (Fsp3) is 0.519. The van der Waals surface area contributed by atoms with Crippen LogP contribution in [0.1, 0.15) is 83.2 Å². The number of aliphatic hydroxyl groups excluding tert-OH is 1. The number of allylic oxidation sites excluding steroid dienone is 2. The predicted molar refractivity (Wildman–Crippen MR) is 134 cm³/mol. The summed E-state index contributed by atoms with van der Waals surface area (Å²) in [7, 11) is 0. The third-order valence-electron chi connectivity index (χ3n) is 5.85. The molecule has 0 unspecified atom stereocenters. The maximum absolute atomic E-state index is 8.79. The fourth-order valence-electron chi connectivity index (χ4n) is 4.10. The number of ether oxygens (including phenoxy) is 1. The van der Waals surface area contributed by atoms with Gasteiger partial charge in [0.1, 0.15) is 5.75 Å². The molecule has 0 radical (unpaired) electrons. The van der Waals surface area contributed by atoms with Crippen LogP contribution in [0.2, 0.25) is 0 Å². The summed E-state index contributed by atoms with van der Waals surface area (Å²) in [6.07, 6.45) is 21.8. The summed E-state index contributed by atoms with van der Waals surface area (Å²) < 4.78 is 5.82. The minimum atomic E-state index is 0.340. The summed E-state index contributed by atoms with van der Waals surface area (Å²) in [5, 5.41) is 8.79. The number of hydrogen-bond donors (Lipinski definition) is 3. The highest BCUT2D eigenvalue weighted by molar-refractivity contribution is 5.99. The number of aliphatic imine (C=N–C) groups is 1. The number of nitrogens with zero attached hydrogens (tertiary/aromatic N) is 1. The van der Waals surface area contributed by atoms with E-state index in [4.69, 9.17) is 14.8 Å². The minimum absolute atomic E-state index is 0.340. The number of aliphatic hydroxyl groups is 1. The molecule has 5 nitrogen and oxygen atoms in total. The number of aromatic amines is 2. The van der Waals surface area contributed by atoms with Gasteiger partial charge in [-0.05, 0) is 56.5 Å². The zero-order valence-corrected chi connectivity index (χ0v) is 19.5. The molecule has 0 aliphatic carbocycles. The summed E-state index contributed by atoms with van der Waals surface area (Å²) >= 11 is 0. The Labute approximate surface area is 192 Å². The molecule has 32 heavy (non-hydrogen) atoms. The molecule has 0 atom stereocenters. The molecular weight excluding hydrogens is 398 g/mol. The molecule has 1 aliphatic rings. The van der Waals surface area contributed by atoms with Gasteiger partial charge in [0.2, 0.25) is 0 Å². The van der Waals surface area contributed by atoms with Crippen LogP contribution >= 0.6 is 0 Å². The van der Waals surface area contributed by atoms with Crippen LogP contribution < -0.4 is 4.74 Å². The van der Waals surface area contributed by atoms with Crippen molar-refractivity contribution in [3.05, 3.63) is 47.9 Å². The summed E-state index contributed by atoms with van der Waals surface area (Å²) in [6, 6.07) is 6.08. The monoisotopic (exact) mass is 437 g/mol. The van der Waals surface area contributed by atoms with Crippen molar-refractivity contribution in [3.63, 3.8) is 0 Å². The Kier molecular flexibility index (Phi) is 10.4. The number of aromatic nitrogens is 2. The van der Waals surface area contributed by atoms with Crippen molar-refractivity contribution in [2.75, 3.05) is 13.2 Å². The van der Waals surface area contributed by atoms with Gasteiger partial charge in [-0.15, -0.1) is 0 Å². The van der Waals surface area contributed by atoms with E-state index in [-0.39, 0.29) is 0 Å². The van der Waals surface area contributed by atoms with Crippen LogP contribution in [0.25, 0.3) is 17.5 Å². The van der Waals surface area contributed by atoms with Crippen molar-refractivity contribution >= 4 is 11.8 Å². The normalized spacial score (nSPS) is 14.4. The molecule has 1 aliphatic heterocycles. The average molecular weight is 438 g/mol. The molecule has 0 spiro atoms. The Morgan fingerprint density at radius 2 is 1.66 bits per heavy atom. The maximum Gasteiger partial charge on any atom is 0.144 e. The molecule has 5 heteroatoms. The first-order chi connectivity index (χ1) is 15.8. The van der Waals surface area contributed by atoms with E-state index in [0.717, 1.165) is 41.4 Å². The van der Waals surface area contributed by atoms with E-state index in [1.807, 2.05) is 31.3 Å². The lowest BCUT2D eigenvalue weighted by Crippen LogP contribution is -1.92. The van der Waals surface area contributed by atoms with E-state index < -0.39 is 0 Å². The lowest BCUT2D eigenvalue weighted by Gasteiger charge is -2.02. The summed E-state index contributed by atoms with van der Waals surface area (Å²) in [6.45, 7) is 2.97. The number of nitrogens with one attached hydrogen (secondary N) is 2. The van der Waals surface area contributed by atoms with Gasteiger partial charge in [0.15, 0.2) is 0 Å². The van der Waals surface area contributed by atoms with Gasteiger partial charge in [-0.2, -0.15) is 0 Å². The van der Waals surface area contributed by atoms with Crippen molar-refractivity contribution < 1.29 is 9.84 Å². The largest absolute Gasteiger partial charge is 0.492 e. The number of hydrogen-bond acceptors (Lipinski definition) is 3. The van der Waals surface area contributed by atoms with Crippen molar-refractivity contribution in [1.82, 2.24) is 9.97 Å². The SMILES string of the molecule is CCOc1cc(-c2ccc[nH]2)[nH]c1/C=C1\C=CC(CCCCCCCCCCCCO)=N1. The predicted octanol–water partition coefficient (Wildman–Crippen LogP) is 7.04. The Morgan fingerprint density at radius 3 is 2.31 bits per heavy atom. The summed E-state index contributed by atoms with van der Waals surface area (Å²) in [5.74, 6) is 0.857. The minimum Gasteiger partial charge on any atom is -0.492 e. The first-order valence-electron chi connectivity index (χ1n) is 12.4. The Balaban J connectivity index is 1.39. The lowest BCUT2D eigenvalue weighted by molar-refractivity contribution is 0.282. The maximum atomic E-state index is 8.79. The van der Waals surface area contributed by atoms with E-state index in [9.17, 15) is 0 Å². The highest BCUT2D eigenvalue weighted by Crippen LogP contribution is 2.29. The van der Waals surface area contributed by atoms with E-state index in [1.165, 1.54) is 63.5 Å². The van der Waals surface area contributed by atoms with Gasteiger partial charge in [-0.3, -0.25) is 4.99 Å². The smallest absolute Gasteiger partial charge is 0.144 e. The molecular formula is C27H39N3O2. The highest BCUT2D eigenvalue weighted by Gasteiger charge is 2.12. The molecule has 0 saturated heterocycles. The quantitative estimate of drug-likeness (QED) is 0.246. The Bertz CT molecular complexity index is 875. The van der Waals surface area contributed by atoms with Gasteiger partial charge >= 0.3 is 0 Å². The fourth-order valence-corrected chi connectivity index (χ4v) is 4.10. The third kappa shape index (κ3) is 7.86. The molecule has 3 N–H and O–H groups in total. The molecule has 0 saturated carbocycles. The van der Waals surface area contributed by atoms with E-state index in [0.29, 0.717) is 13.2 Å². The third-order valence-corrected chi connectivity index (χ3v) is 5.85. The average Bonchev–Trinajstić information content (AvgIpc) is 3.55. The van der Waals surface area contributed by atoms with Crippen LogP contribution in [0, 0.1) is 0 Å². The van der Waals surface area contributed by atoms with Gasteiger partial charge in [0.05, 0.1) is 29.4 Å². The molecule has 0 amide bonds. The van der Waals surface area contributed by atoms with Crippen LogP contribution in [0.15, 0.2) is 47.2 Å². The molecule has 3 rings (SSSR count). The van der Waals surface area contributed by atoms with Crippen LogP contribution in [-0.4, -0.2) is 34.0 Å². The molecule has 0 fully saturated rings. The molecule has 3 heterocycles. The van der Waals surface area contributed by atoms with Crippen LogP contribution in [-0.2, 0) is 0 Å². The Hall–Kier alpha value is -2.53. The number of unbranched alkanes of at least 4 members (excludes halogenated alkanes) is 9. The first kappa shape index (κ1) is 24.1. The van der Waals surface area contributed by atoms with Gasteiger partial charge in [-0.25, -0.2) is 0 Å². The zero-order chi connectivity index (χ0) is 22.4. The van der Waals surface area contributed by atoms with E-state index in [2.05, 4.69) is 28.2 Å². The van der Waals surface area contributed by atoms with Crippen molar-refractivity contribution in [3.8, 4) is 17.1 Å². The molecule has 174 valence electrons. The van der Waals surface area contributed by atoms with Crippen LogP contribution in [0.3, 0.4) is 0 Å². The highest BCUT2D eigenvalue weighted by atomic mass is 16.5. The van der Waals surface area contributed by atoms with Crippen molar-refractivity contribution in [2.24, 2.45) is 4.99 Å². The van der Waals surface area contributed by atoms with E-state index >= 15 is 0 Å². The van der Waals surface area contributed by atoms with Crippen LogP contribution in [0.4, 0.5) is 0 Å². The number of H-pyrrole nitrogens is 2. The van der Waals surface area contributed by atoms with Gasteiger partial charge in [0, 0.05) is 24.6 Å². The molecule has 0 aromatic carbocycles. The second-order valence-corrected chi connectivity index (χ2v) is 8.49. The summed E-state index contributed by atoms with van der Waals surface area (Å²) in [4.78, 5) is 11.5. The van der Waals surface area contributed by atoms with Gasteiger partial charge < -0.3 is 19.8 Å². The van der Waals surface area contributed by atoms with Gasteiger partial charge in [0.25, 0.3) is 0 Å². The summed E-state index contributed by atoms with van der Waals surface area (Å²) in [5.41, 5.74) is 5.17.